The molecule has 0 aliphatic rings. The second kappa shape index (κ2) is 5.32. The van der Waals surface area contributed by atoms with Gasteiger partial charge in [0.2, 0.25) is 0 Å². The first kappa shape index (κ1) is 12.1. The van der Waals surface area contributed by atoms with Gasteiger partial charge in [0, 0.05) is 19.0 Å². The number of benzene rings is 1. The van der Waals surface area contributed by atoms with Crippen LogP contribution in [0.1, 0.15) is 25.8 Å². The lowest BCUT2D eigenvalue weighted by Gasteiger charge is -2.19. The fraction of sp³-hybridized carbons (Fsp3) is 0.500. The van der Waals surface area contributed by atoms with Gasteiger partial charge in [0.15, 0.2) is 0 Å². The molecule has 1 heterocycles. The van der Waals surface area contributed by atoms with Crippen molar-refractivity contribution in [3.8, 4) is 0 Å². The first-order valence-corrected chi connectivity index (χ1v) is 6.37. The summed E-state index contributed by atoms with van der Waals surface area (Å²) >= 11 is 0. The van der Waals surface area contributed by atoms with Crippen molar-refractivity contribution in [1.29, 1.82) is 0 Å². The summed E-state index contributed by atoms with van der Waals surface area (Å²) in [4.78, 5) is 2.47. The van der Waals surface area contributed by atoms with E-state index in [9.17, 15) is 0 Å². The van der Waals surface area contributed by atoms with Gasteiger partial charge in [-0.1, -0.05) is 26.0 Å². The molecule has 3 nitrogen and oxygen atoms in total. The molecule has 0 spiro atoms. The standard InChI is InChI=1S/C14H21N3/c1-4-8-17(5-2)11-12-6-7-13-10-15-16(3)14(13)9-12/h6-7,9-10H,4-5,8,11H2,1-3H3. The second-order valence-electron chi connectivity index (χ2n) is 4.53. The normalized spacial score (nSPS) is 11.5. The van der Waals surface area contributed by atoms with E-state index in [0.29, 0.717) is 0 Å². The van der Waals surface area contributed by atoms with Crippen LogP contribution in [0.25, 0.3) is 10.9 Å². The minimum atomic E-state index is 1.03. The van der Waals surface area contributed by atoms with Crippen LogP contribution in [0.15, 0.2) is 24.4 Å². The molecule has 0 atom stereocenters. The van der Waals surface area contributed by atoms with Gasteiger partial charge in [0.05, 0.1) is 11.7 Å². The number of nitrogens with zero attached hydrogens (tertiary/aromatic N) is 3. The van der Waals surface area contributed by atoms with Gasteiger partial charge in [-0.3, -0.25) is 9.58 Å². The average molecular weight is 231 g/mol. The molecule has 0 saturated heterocycles. The highest BCUT2D eigenvalue weighted by Gasteiger charge is 2.05. The van der Waals surface area contributed by atoms with Crippen LogP contribution < -0.4 is 0 Å². The quantitative estimate of drug-likeness (QED) is 0.789. The Hall–Kier alpha value is -1.35. The van der Waals surface area contributed by atoms with Crippen molar-refractivity contribution in [2.24, 2.45) is 7.05 Å². The first-order valence-electron chi connectivity index (χ1n) is 6.37. The molecule has 0 unspecified atom stereocenters. The molecule has 0 bridgehead atoms. The Morgan fingerprint density at radius 3 is 2.82 bits per heavy atom. The fourth-order valence-corrected chi connectivity index (χ4v) is 2.21. The summed E-state index contributed by atoms with van der Waals surface area (Å²) in [5, 5.41) is 5.49. The van der Waals surface area contributed by atoms with E-state index < -0.39 is 0 Å². The van der Waals surface area contributed by atoms with Crippen molar-refractivity contribution in [2.45, 2.75) is 26.8 Å². The highest BCUT2D eigenvalue weighted by atomic mass is 15.2. The molecule has 0 N–H and O–H groups in total. The molecule has 92 valence electrons. The molecule has 0 radical (unpaired) electrons. The molecule has 0 aliphatic carbocycles. The Kier molecular flexibility index (Phi) is 3.79. The SMILES string of the molecule is CCCN(CC)Cc1ccc2cnn(C)c2c1. The largest absolute Gasteiger partial charge is 0.299 e. The van der Waals surface area contributed by atoms with Crippen molar-refractivity contribution in [3.63, 3.8) is 0 Å². The number of fused-ring (bicyclic) bond motifs is 1. The zero-order valence-corrected chi connectivity index (χ0v) is 11.0. The molecular weight excluding hydrogens is 210 g/mol. The van der Waals surface area contributed by atoms with Gasteiger partial charge < -0.3 is 0 Å². The lowest BCUT2D eigenvalue weighted by atomic mass is 10.1. The monoisotopic (exact) mass is 231 g/mol. The van der Waals surface area contributed by atoms with Crippen molar-refractivity contribution < 1.29 is 0 Å². The number of aromatic nitrogens is 2. The van der Waals surface area contributed by atoms with E-state index in [1.807, 2.05) is 17.9 Å². The summed E-state index contributed by atoms with van der Waals surface area (Å²) < 4.78 is 1.94. The third-order valence-corrected chi connectivity index (χ3v) is 3.21. The van der Waals surface area contributed by atoms with Crippen LogP contribution >= 0.6 is 0 Å². The number of hydrogen-bond donors (Lipinski definition) is 0. The Morgan fingerprint density at radius 2 is 2.12 bits per heavy atom. The van der Waals surface area contributed by atoms with E-state index in [2.05, 4.69) is 42.0 Å². The molecule has 0 amide bonds. The van der Waals surface area contributed by atoms with E-state index >= 15 is 0 Å². The van der Waals surface area contributed by atoms with E-state index in [0.717, 1.165) is 13.1 Å². The van der Waals surface area contributed by atoms with Crippen molar-refractivity contribution in [2.75, 3.05) is 13.1 Å². The molecule has 2 aromatic rings. The summed E-state index contributed by atoms with van der Waals surface area (Å²) in [6, 6.07) is 6.63. The summed E-state index contributed by atoms with van der Waals surface area (Å²) in [6.45, 7) is 7.76. The van der Waals surface area contributed by atoms with Gasteiger partial charge >= 0.3 is 0 Å². The molecule has 2 rings (SSSR count). The van der Waals surface area contributed by atoms with Gasteiger partial charge in [-0.25, -0.2) is 0 Å². The van der Waals surface area contributed by atoms with Gasteiger partial charge in [-0.2, -0.15) is 5.10 Å². The number of rotatable bonds is 5. The third-order valence-electron chi connectivity index (χ3n) is 3.21. The number of aryl methyl sites for hydroxylation is 1. The zero-order valence-electron chi connectivity index (χ0n) is 11.0. The summed E-state index contributed by atoms with van der Waals surface area (Å²) in [7, 11) is 2.00. The lowest BCUT2D eigenvalue weighted by molar-refractivity contribution is 0.281. The van der Waals surface area contributed by atoms with Crippen LogP contribution in [0.5, 0.6) is 0 Å². The van der Waals surface area contributed by atoms with Crippen molar-refractivity contribution >= 4 is 10.9 Å². The zero-order chi connectivity index (χ0) is 12.3. The highest BCUT2D eigenvalue weighted by Crippen LogP contribution is 2.16. The van der Waals surface area contributed by atoms with E-state index in [4.69, 9.17) is 0 Å². The third kappa shape index (κ3) is 2.67. The topological polar surface area (TPSA) is 21.1 Å². The second-order valence-corrected chi connectivity index (χ2v) is 4.53. The number of hydrogen-bond acceptors (Lipinski definition) is 2. The van der Waals surface area contributed by atoms with Crippen LogP contribution in [0.3, 0.4) is 0 Å². The van der Waals surface area contributed by atoms with Crippen LogP contribution in [0.2, 0.25) is 0 Å². The lowest BCUT2D eigenvalue weighted by Crippen LogP contribution is -2.23. The Bertz CT molecular complexity index is 487. The Labute approximate surface area is 103 Å². The first-order chi connectivity index (χ1) is 8.24. The van der Waals surface area contributed by atoms with Crippen molar-refractivity contribution in [1.82, 2.24) is 14.7 Å². The molecule has 17 heavy (non-hydrogen) atoms. The Morgan fingerprint density at radius 1 is 1.29 bits per heavy atom. The Balaban J connectivity index is 2.20. The van der Waals surface area contributed by atoms with Gasteiger partial charge in [0.1, 0.15) is 0 Å². The maximum Gasteiger partial charge on any atom is 0.0682 e. The smallest absolute Gasteiger partial charge is 0.0682 e. The van der Waals surface area contributed by atoms with Crippen LogP contribution in [0.4, 0.5) is 0 Å². The molecule has 1 aromatic carbocycles. The molecule has 3 heteroatoms. The minimum Gasteiger partial charge on any atom is -0.299 e. The van der Waals surface area contributed by atoms with Crippen molar-refractivity contribution in [3.05, 3.63) is 30.0 Å². The summed E-state index contributed by atoms with van der Waals surface area (Å²) in [5.74, 6) is 0. The fourth-order valence-electron chi connectivity index (χ4n) is 2.21. The maximum absolute atomic E-state index is 4.28. The average Bonchev–Trinajstić information content (AvgIpc) is 2.70. The van der Waals surface area contributed by atoms with Crippen LogP contribution in [-0.2, 0) is 13.6 Å². The van der Waals surface area contributed by atoms with Gasteiger partial charge in [-0.15, -0.1) is 0 Å². The predicted octanol–water partition coefficient (Wildman–Crippen LogP) is 2.81. The molecule has 0 fully saturated rings. The van der Waals surface area contributed by atoms with Crippen LogP contribution in [0, 0.1) is 0 Å². The maximum atomic E-state index is 4.28. The van der Waals surface area contributed by atoms with Crippen LogP contribution in [-0.4, -0.2) is 27.8 Å². The predicted molar refractivity (Wildman–Crippen MR) is 72.0 cm³/mol. The molecule has 1 aromatic heterocycles. The summed E-state index contributed by atoms with van der Waals surface area (Å²) in [5.41, 5.74) is 2.59. The summed E-state index contributed by atoms with van der Waals surface area (Å²) in [6.07, 6.45) is 3.13. The molecule has 0 saturated carbocycles. The minimum absolute atomic E-state index is 1.03. The molecular formula is C14H21N3. The highest BCUT2D eigenvalue weighted by molar-refractivity contribution is 5.79. The van der Waals surface area contributed by atoms with Gasteiger partial charge in [0.25, 0.3) is 0 Å². The van der Waals surface area contributed by atoms with E-state index in [1.54, 1.807) is 0 Å². The molecule has 0 aliphatic heterocycles. The van der Waals surface area contributed by atoms with Gasteiger partial charge in [-0.05, 0) is 31.1 Å². The van der Waals surface area contributed by atoms with E-state index in [-0.39, 0.29) is 0 Å². The van der Waals surface area contributed by atoms with E-state index in [1.165, 1.54) is 29.4 Å².